The summed E-state index contributed by atoms with van der Waals surface area (Å²) in [6.45, 7) is 1.86. The molecule has 104 valence electrons. The minimum absolute atomic E-state index is 0.133. The standard InChI is InChI=1S/C17H18O3/c1-4-15(18)13-8-5-7-12(11-13)14-9-6-10-16(19-2)17(14)20-3/h5-11H,4H2,1-3H3. The lowest BCUT2D eigenvalue weighted by Gasteiger charge is -2.13. The minimum Gasteiger partial charge on any atom is -0.493 e. The Balaban J connectivity index is 2.54. The maximum Gasteiger partial charge on any atom is 0.168 e. The van der Waals surface area contributed by atoms with Gasteiger partial charge in [-0.2, -0.15) is 0 Å². The van der Waals surface area contributed by atoms with Crippen LogP contribution in [0, 0.1) is 0 Å². The smallest absolute Gasteiger partial charge is 0.168 e. The molecule has 20 heavy (non-hydrogen) atoms. The SMILES string of the molecule is CCC(=O)c1cccc(-c2cccc(OC)c2OC)c1. The molecule has 0 aliphatic rings. The molecule has 0 spiro atoms. The van der Waals surface area contributed by atoms with Crippen LogP contribution in [-0.4, -0.2) is 20.0 Å². The third kappa shape index (κ3) is 2.67. The van der Waals surface area contributed by atoms with E-state index in [-0.39, 0.29) is 5.78 Å². The predicted octanol–water partition coefficient (Wildman–Crippen LogP) is 3.96. The molecule has 0 atom stereocenters. The third-order valence-electron chi connectivity index (χ3n) is 3.22. The number of hydrogen-bond donors (Lipinski definition) is 0. The van der Waals surface area contributed by atoms with Crippen molar-refractivity contribution in [2.24, 2.45) is 0 Å². The number of rotatable bonds is 5. The fourth-order valence-corrected chi connectivity index (χ4v) is 2.18. The van der Waals surface area contributed by atoms with Crippen LogP contribution in [0.4, 0.5) is 0 Å². The summed E-state index contributed by atoms with van der Waals surface area (Å²) in [4.78, 5) is 11.8. The fourth-order valence-electron chi connectivity index (χ4n) is 2.18. The summed E-state index contributed by atoms with van der Waals surface area (Å²) in [7, 11) is 3.22. The minimum atomic E-state index is 0.133. The zero-order valence-corrected chi connectivity index (χ0v) is 12.0. The van der Waals surface area contributed by atoms with Crippen LogP contribution in [0.5, 0.6) is 11.5 Å². The highest BCUT2D eigenvalue weighted by atomic mass is 16.5. The Morgan fingerprint density at radius 1 is 1.05 bits per heavy atom. The molecule has 0 saturated heterocycles. The van der Waals surface area contributed by atoms with Gasteiger partial charge in [0.05, 0.1) is 14.2 Å². The van der Waals surface area contributed by atoms with Gasteiger partial charge < -0.3 is 9.47 Å². The molecule has 0 aliphatic heterocycles. The highest BCUT2D eigenvalue weighted by Crippen LogP contribution is 2.37. The van der Waals surface area contributed by atoms with Crippen LogP contribution in [0.15, 0.2) is 42.5 Å². The highest BCUT2D eigenvalue weighted by Gasteiger charge is 2.12. The van der Waals surface area contributed by atoms with Crippen LogP contribution >= 0.6 is 0 Å². The van der Waals surface area contributed by atoms with Crippen molar-refractivity contribution >= 4 is 5.78 Å². The van der Waals surface area contributed by atoms with Gasteiger partial charge in [0.2, 0.25) is 0 Å². The molecule has 0 N–H and O–H groups in total. The lowest BCUT2D eigenvalue weighted by molar-refractivity contribution is 0.0988. The van der Waals surface area contributed by atoms with Crippen molar-refractivity contribution in [3.63, 3.8) is 0 Å². The van der Waals surface area contributed by atoms with E-state index in [1.807, 2.05) is 49.4 Å². The number of ketones is 1. The summed E-state index contributed by atoms with van der Waals surface area (Å²) in [6, 6.07) is 13.3. The first-order valence-electron chi connectivity index (χ1n) is 6.55. The zero-order valence-electron chi connectivity index (χ0n) is 12.0. The van der Waals surface area contributed by atoms with Gasteiger partial charge in [-0.1, -0.05) is 37.3 Å². The van der Waals surface area contributed by atoms with Gasteiger partial charge in [-0.05, 0) is 17.7 Å². The summed E-state index contributed by atoms with van der Waals surface area (Å²) in [6.07, 6.45) is 0.499. The number of benzene rings is 2. The van der Waals surface area contributed by atoms with E-state index in [2.05, 4.69) is 0 Å². The van der Waals surface area contributed by atoms with Crippen molar-refractivity contribution in [3.05, 3.63) is 48.0 Å². The van der Waals surface area contributed by atoms with Crippen LogP contribution in [-0.2, 0) is 0 Å². The Morgan fingerprint density at radius 3 is 2.45 bits per heavy atom. The van der Waals surface area contributed by atoms with E-state index in [0.717, 1.165) is 16.7 Å². The molecule has 0 bridgehead atoms. The van der Waals surface area contributed by atoms with E-state index in [4.69, 9.17) is 9.47 Å². The normalized spacial score (nSPS) is 10.2. The van der Waals surface area contributed by atoms with Crippen molar-refractivity contribution in [1.82, 2.24) is 0 Å². The molecule has 2 aromatic rings. The van der Waals surface area contributed by atoms with Crippen molar-refractivity contribution in [1.29, 1.82) is 0 Å². The first kappa shape index (κ1) is 14.1. The molecular weight excluding hydrogens is 252 g/mol. The maximum absolute atomic E-state index is 11.8. The van der Waals surface area contributed by atoms with Crippen LogP contribution < -0.4 is 9.47 Å². The Bertz CT molecular complexity index is 617. The number of carbonyl (C=O) groups excluding carboxylic acids is 1. The van der Waals surface area contributed by atoms with Gasteiger partial charge in [-0.25, -0.2) is 0 Å². The summed E-state index contributed by atoms with van der Waals surface area (Å²) in [5, 5.41) is 0. The molecule has 0 heterocycles. The lowest BCUT2D eigenvalue weighted by atomic mass is 9.99. The molecule has 2 aromatic carbocycles. The Labute approximate surface area is 119 Å². The van der Waals surface area contributed by atoms with Gasteiger partial charge in [0, 0.05) is 17.5 Å². The number of para-hydroxylation sites is 1. The second kappa shape index (κ2) is 6.24. The van der Waals surface area contributed by atoms with Crippen molar-refractivity contribution in [2.45, 2.75) is 13.3 Å². The van der Waals surface area contributed by atoms with E-state index >= 15 is 0 Å². The van der Waals surface area contributed by atoms with E-state index < -0.39 is 0 Å². The first-order valence-corrected chi connectivity index (χ1v) is 6.55. The number of hydrogen-bond acceptors (Lipinski definition) is 3. The quantitative estimate of drug-likeness (QED) is 0.771. The predicted molar refractivity (Wildman–Crippen MR) is 79.6 cm³/mol. The number of methoxy groups -OCH3 is 2. The van der Waals surface area contributed by atoms with Gasteiger partial charge in [0.25, 0.3) is 0 Å². The topological polar surface area (TPSA) is 35.5 Å². The average molecular weight is 270 g/mol. The molecule has 0 saturated carbocycles. The third-order valence-corrected chi connectivity index (χ3v) is 3.22. The van der Waals surface area contributed by atoms with Crippen LogP contribution in [0.2, 0.25) is 0 Å². The van der Waals surface area contributed by atoms with E-state index in [1.165, 1.54) is 0 Å². The Morgan fingerprint density at radius 2 is 1.80 bits per heavy atom. The maximum atomic E-state index is 11.8. The number of ether oxygens (including phenoxy) is 2. The van der Waals surface area contributed by atoms with E-state index in [0.29, 0.717) is 17.9 Å². The average Bonchev–Trinajstić information content (AvgIpc) is 2.53. The number of carbonyl (C=O) groups is 1. The molecule has 2 rings (SSSR count). The van der Waals surface area contributed by atoms with Gasteiger partial charge >= 0.3 is 0 Å². The molecule has 0 amide bonds. The summed E-state index contributed by atoms with van der Waals surface area (Å²) >= 11 is 0. The van der Waals surface area contributed by atoms with Crippen LogP contribution in [0.25, 0.3) is 11.1 Å². The van der Waals surface area contributed by atoms with Gasteiger partial charge in [0.1, 0.15) is 0 Å². The Hall–Kier alpha value is -2.29. The molecule has 0 radical (unpaired) electrons. The second-order valence-electron chi connectivity index (χ2n) is 4.40. The molecule has 0 fully saturated rings. The summed E-state index contributed by atoms with van der Waals surface area (Å²) in [5.74, 6) is 1.49. The van der Waals surface area contributed by atoms with E-state index in [9.17, 15) is 4.79 Å². The van der Waals surface area contributed by atoms with Gasteiger partial charge in [0.15, 0.2) is 17.3 Å². The zero-order chi connectivity index (χ0) is 14.5. The van der Waals surface area contributed by atoms with Crippen molar-refractivity contribution < 1.29 is 14.3 Å². The second-order valence-corrected chi connectivity index (χ2v) is 4.40. The summed E-state index contributed by atoms with van der Waals surface area (Å²) in [5.41, 5.74) is 2.58. The lowest BCUT2D eigenvalue weighted by Crippen LogP contribution is -1.97. The molecule has 0 unspecified atom stereocenters. The molecule has 3 nitrogen and oxygen atoms in total. The highest BCUT2D eigenvalue weighted by molar-refractivity contribution is 5.97. The number of Topliss-reactive ketones (excluding diaryl/α,β-unsaturated/α-hetero) is 1. The van der Waals surface area contributed by atoms with Crippen LogP contribution in [0.3, 0.4) is 0 Å². The monoisotopic (exact) mass is 270 g/mol. The summed E-state index contributed by atoms with van der Waals surface area (Å²) < 4.78 is 10.7. The van der Waals surface area contributed by atoms with Crippen LogP contribution in [0.1, 0.15) is 23.7 Å². The van der Waals surface area contributed by atoms with E-state index in [1.54, 1.807) is 14.2 Å². The molecule has 3 heteroatoms. The largest absolute Gasteiger partial charge is 0.493 e. The molecular formula is C17H18O3. The van der Waals surface area contributed by atoms with Gasteiger partial charge in [-0.3, -0.25) is 4.79 Å². The Kier molecular flexibility index (Phi) is 4.41. The molecule has 0 aromatic heterocycles. The first-order chi connectivity index (χ1) is 9.71. The van der Waals surface area contributed by atoms with Crippen molar-refractivity contribution in [3.8, 4) is 22.6 Å². The fraction of sp³-hybridized carbons (Fsp3) is 0.235. The van der Waals surface area contributed by atoms with Gasteiger partial charge in [-0.15, -0.1) is 0 Å². The van der Waals surface area contributed by atoms with Crippen molar-refractivity contribution in [2.75, 3.05) is 14.2 Å². The molecule has 0 aliphatic carbocycles.